The Morgan fingerprint density at radius 3 is 2.53 bits per heavy atom. The molecule has 1 amide bonds. The number of amides is 1. The van der Waals surface area contributed by atoms with Crippen LogP contribution >= 0.6 is 0 Å². The number of anilines is 1. The van der Waals surface area contributed by atoms with Crippen molar-refractivity contribution in [1.82, 2.24) is 10.3 Å². The van der Waals surface area contributed by atoms with Crippen molar-refractivity contribution >= 4 is 22.5 Å². The zero-order valence-corrected chi connectivity index (χ0v) is 17.0. The van der Waals surface area contributed by atoms with Gasteiger partial charge in [0, 0.05) is 54.9 Å². The number of aromatic amines is 1. The normalized spacial score (nSPS) is 12.0. The third-order valence-corrected chi connectivity index (χ3v) is 5.36. The van der Waals surface area contributed by atoms with Gasteiger partial charge in [-0.05, 0) is 47.5 Å². The fourth-order valence-electron chi connectivity index (χ4n) is 3.72. The van der Waals surface area contributed by atoms with Gasteiger partial charge in [0.05, 0.1) is 0 Å². The van der Waals surface area contributed by atoms with Gasteiger partial charge in [0.15, 0.2) is 0 Å². The summed E-state index contributed by atoms with van der Waals surface area (Å²) < 4.78 is 13.5. The van der Waals surface area contributed by atoms with E-state index in [9.17, 15) is 9.18 Å². The van der Waals surface area contributed by atoms with Crippen LogP contribution in [-0.2, 0) is 0 Å². The molecule has 5 heteroatoms. The van der Waals surface area contributed by atoms with Gasteiger partial charge in [-0.3, -0.25) is 4.79 Å². The van der Waals surface area contributed by atoms with Crippen LogP contribution in [0, 0.1) is 5.82 Å². The van der Waals surface area contributed by atoms with E-state index in [-0.39, 0.29) is 11.8 Å². The molecule has 0 unspecified atom stereocenters. The number of rotatable bonds is 6. The fourth-order valence-corrected chi connectivity index (χ4v) is 3.72. The van der Waals surface area contributed by atoms with E-state index in [0.29, 0.717) is 12.1 Å². The van der Waals surface area contributed by atoms with E-state index >= 15 is 0 Å². The number of halogens is 1. The monoisotopic (exact) mass is 401 g/mol. The number of carbonyl (C=O) groups excluding carboxylic acids is 1. The SMILES string of the molecule is CN(C)c1ccc([C@H](CNC(=O)c2cccc(F)c2)c2c[nH]c3ccccc23)cc1. The van der Waals surface area contributed by atoms with Crippen molar-refractivity contribution in [2.45, 2.75) is 5.92 Å². The molecule has 152 valence electrons. The molecule has 4 aromatic rings. The number of hydrogen-bond donors (Lipinski definition) is 2. The molecule has 4 nitrogen and oxygen atoms in total. The topological polar surface area (TPSA) is 48.1 Å². The van der Waals surface area contributed by atoms with Crippen LogP contribution in [0.5, 0.6) is 0 Å². The molecular formula is C25H24FN3O. The van der Waals surface area contributed by atoms with Gasteiger partial charge in [0.2, 0.25) is 0 Å². The highest BCUT2D eigenvalue weighted by Crippen LogP contribution is 2.31. The maximum absolute atomic E-state index is 13.5. The molecule has 0 spiro atoms. The van der Waals surface area contributed by atoms with Gasteiger partial charge >= 0.3 is 0 Å². The predicted octanol–water partition coefficient (Wildman–Crippen LogP) is 4.93. The number of carbonyl (C=O) groups is 1. The largest absolute Gasteiger partial charge is 0.378 e. The first-order chi connectivity index (χ1) is 14.5. The highest BCUT2D eigenvalue weighted by molar-refractivity contribution is 5.94. The molecule has 3 aromatic carbocycles. The van der Waals surface area contributed by atoms with E-state index in [1.54, 1.807) is 12.1 Å². The zero-order valence-electron chi connectivity index (χ0n) is 17.0. The second-order valence-electron chi connectivity index (χ2n) is 7.55. The van der Waals surface area contributed by atoms with Crippen molar-refractivity contribution in [2.24, 2.45) is 0 Å². The number of nitrogens with zero attached hydrogens (tertiary/aromatic N) is 1. The Morgan fingerprint density at radius 2 is 1.80 bits per heavy atom. The summed E-state index contributed by atoms with van der Waals surface area (Å²) in [4.78, 5) is 18.0. The summed E-state index contributed by atoms with van der Waals surface area (Å²) in [5, 5.41) is 4.11. The van der Waals surface area contributed by atoms with Crippen molar-refractivity contribution in [3.63, 3.8) is 0 Å². The number of benzene rings is 3. The van der Waals surface area contributed by atoms with Crippen LogP contribution in [0.3, 0.4) is 0 Å². The van der Waals surface area contributed by atoms with Crippen molar-refractivity contribution in [3.8, 4) is 0 Å². The van der Waals surface area contributed by atoms with Crippen LogP contribution in [0.1, 0.15) is 27.4 Å². The van der Waals surface area contributed by atoms with Gasteiger partial charge in [0.25, 0.3) is 5.91 Å². The Labute approximate surface area is 175 Å². The lowest BCUT2D eigenvalue weighted by Gasteiger charge is -2.20. The van der Waals surface area contributed by atoms with Crippen LogP contribution in [-0.4, -0.2) is 31.5 Å². The minimum Gasteiger partial charge on any atom is -0.378 e. The molecule has 30 heavy (non-hydrogen) atoms. The molecule has 0 bridgehead atoms. The van der Waals surface area contributed by atoms with Gasteiger partial charge in [-0.1, -0.05) is 36.4 Å². The van der Waals surface area contributed by atoms with Crippen LogP contribution in [0.15, 0.2) is 79.0 Å². The molecule has 0 radical (unpaired) electrons. The molecular weight excluding hydrogens is 377 g/mol. The quantitative estimate of drug-likeness (QED) is 0.481. The van der Waals surface area contributed by atoms with Crippen molar-refractivity contribution in [3.05, 3.63) is 102 Å². The van der Waals surface area contributed by atoms with Crippen molar-refractivity contribution in [2.75, 3.05) is 25.5 Å². The Balaban J connectivity index is 1.66. The molecule has 1 aromatic heterocycles. The minimum absolute atomic E-state index is 0.0464. The molecule has 2 N–H and O–H groups in total. The summed E-state index contributed by atoms with van der Waals surface area (Å²) in [6, 6.07) is 22.2. The summed E-state index contributed by atoms with van der Waals surface area (Å²) in [7, 11) is 4.01. The van der Waals surface area contributed by atoms with Gasteiger partial charge in [0.1, 0.15) is 5.82 Å². The van der Waals surface area contributed by atoms with Gasteiger partial charge in [-0.2, -0.15) is 0 Å². The first-order valence-corrected chi connectivity index (χ1v) is 9.90. The lowest BCUT2D eigenvalue weighted by Crippen LogP contribution is -2.29. The molecule has 0 saturated carbocycles. The first-order valence-electron chi connectivity index (χ1n) is 9.90. The standard InChI is InChI=1S/C25H24FN3O/c1-29(2)20-12-10-17(11-13-20)22(23-16-27-24-9-4-3-8-21(23)24)15-28-25(30)18-6-5-7-19(26)14-18/h3-14,16,22,27H,15H2,1-2H3,(H,28,30)/t22-/m0/s1. The number of hydrogen-bond acceptors (Lipinski definition) is 2. The van der Waals surface area contributed by atoms with E-state index in [1.165, 1.54) is 12.1 Å². The first kappa shape index (κ1) is 19.7. The van der Waals surface area contributed by atoms with E-state index in [1.807, 2.05) is 38.5 Å². The van der Waals surface area contributed by atoms with E-state index in [0.717, 1.165) is 27.7 Å². The third-order valence-electron chi connectivity index (χ3n) is 5.36. The smallest absolute Gasteiger partial charge is 0.251 e. The molecule has 0 saturated heterocycles. The average molecular weight is 401 g/mol. The summed E-state index contributed by atoms with van der Waals surface area (Å²) in [5.74, 6) is -0.755. The molecule has 4 rings (SSSR count). The molecule has 0 aliphatic heterocycles. The van der Waals surface area contributed by atoms with Crippen molar-refractivity contribution < 1.29 is 9.18 Å². The van der Waals surface area contributed by atoms with E-state index in [2.05, 4.69) is 45.5 Å². The van der Waals surface area contributed by atoms with Crippen molar-refractivity contribution in [1.29, 1.82) is 0 Å². The summed E-state index contributed by atoms with van der Waals surface area (Å²) in [6.45, 7) is 0.401. The maximum atomic E-state index is 13.5. The highest BCUT2D eigenvalue weighted by atomic mass is 19.1. The summed E-state index contributed by atoms with van der Waals surface area (Å²) in [6.07, 6.45) is 2.00. The Bertz CT molecular complexity index is 1160. The van der Waals surface area contributed by atoms with E-state index in [4.69, 9.17) is 0 Å². The number of nitrogens with one attached hydrogen (secondary N) is 2. The summed E-state index contributed by atoms with van der Waals surface area (Å²) in [5.41, 5.74) is 4.70. The van der Waals surface area contributed by atoms with Gasteiger partial charge in [-0.25, -0.2) is 4.39 Å². The molecule has 1 atom stereocenters. The Morgan fingerprint density at radius 1 is 1.03 bits per heavy atom. The second-order valence-corrected chi connectivity index (χ2v) is 7.55. The Hall–Kier alpha value is -3.60. The maximum Gasteiger partial charge on any atom is 0.251 e. The molecule has 0 fully saturated rings. The van der Waals surface area contributed by atoms with Crippen LogP contribution in [0.4, 0.5) is 10.1 Å². The number of H-pyrrole nitrogens is 1. The summed E-state index contributed by atoms with van der Waals surface area (Å²) >= 11 is 0. The second kappa shape index (κ2) is 8.41. The third kappa shape index (κ3) is 4.06. The lowest BCUT2D eigenvalue weighted by molar-refractivity contribution is 0.0952. The Kier molecular flexibility index (Phi) is 5.53. The highest BCUT2D eigenvalue weighted by Gasteiger charge is 2.20. The van der Waals surface area contributed by atoms with Crippen LogP contribution in [0.2, 0.25) is 0 Å². The molecule has 1 heterocycles. The minimum atomic E-state index is -0.421. The fraction of sp³-hybridized carbons (Fsp3) is 0.160. The van der Waals surface area contributed by atoms with Gasteiger partial charge < -0.3 is 15.2 Å². The predicted molar refractivity (Wildman–Crippen MR) is 120 cm³/mol. The van der Waals surface area contributed by atoms with Gasteiger partial charge in [-0.15, -0.1) is 0 Å². The molecule has 0 aliphatic carbocycles. The molecule has 0 aliphatic rings. The average Bonchev–Trinajstić information content (AvgIpc) is 3.18. The number of para-hydroxylation sites is 1. The van der Waals surface area contributed by atoms with Crippen LogP contribution in [0.25, 0.3) is 10.9 Å². The van der Waals surface area contributed by atoms with Crippen LogP contribution < -0.4 is 10.2 Å². The lowest BCUT2D eigenvalue weighted by atomic mass is 9.90. The number of fused-ring (bicyclic) bond motifs is 1. The van der Waals surface area contributed by atoms with E-state index < -0.39 is 5.82 Å². The number of aromatic nitrogens is 1. The zero-order chi connectivity index (χ0) is 21.1.